The van der Waals surface area contributed by atoms with Gasteiger partial charge in [0.05, 0.1) is 23.6 Å². The predicted molar refractivity (Wildman–Crippen MR) is 96.8 cm³/mol. The molecule has 2 bridgehead atoms. The molecule has 1 aromatic heterocycles. The first-order valence-corrected chi connectivity index (χ1v) is 9.12. The van der Waals surface area contributed by atoms with Crippen molar-refractivity contribution in [2.24, 2.45) is 5.92 Å². The number of hydrogen-bond donors (Lipinski definition) is 1. The van der Waals surface area contributed by atoms with Gasteiger partial charge < -0.3 is 19.5 Å². The Kier molecular flexibility index (Phi) is 4.40. The van der Waals surface area contributed by atoms with Crippen molar-refractivity contribution in [1.82, 2.24) is 19.8 Å². The van der Waals surface area contributed by atoms with Gasteiger partial charge in [0.1, 0.15) is 5.82 Å². The summed E-state index contributed by atoms with van der Waals surface area (Å²) >= 11 is 0. The minimum absolute atomic E-state index is 0.0163. The highest BCUT2D eigenvalue weighted by atomic mass is 16.5. The van der Waals surface area contributed by atoms with Crippen LogP contribution in [0.3, 0.4) is 0 Å². The summed E-state index contributed by atoms with van der Waals surface area (Å²) in [6, 6.07) is 5.63. The number of carbonyl (C=O) groups excluding carboxylic acids is 2. The molecule has 2 unspecified atom stereocenters. The third-order valence-corrected chi connectivity index (χ3v) is 5.46. The van der Waals surface area contributed by atoms with Crippen molar-refractivity contribution >= 4 is 22.8 Å². The molecule has 3 aliphatic heterocycles. The van der Waals surface area contributed by atoms with E-state index in [4.69, 9.17) is 4.74 Å². The number of carbonyl (C=O) groups is 2. The second-order valence-corrected chi connectivity index (χ2v) is 7.22. The Bertz CT molecular complexity index is 846. The number of aromatic nitrogens is 2. The number of amides is 2. The normalized spacial score (nSPS) is 22.9. The molecular formula is C19H24N4O3. The van der Waals surface area contributed by atoms with E-state index in [0.717, 1.165) is 29.7 Å². The molecule has 2 atom stereocenters. The average Bonchev–Trinajstić information content (AvgIpc) is 2.80. The Morgan fingerprint density at radius 3 is 3.00 bits per heavy atom. The number of aryl methyl sites for hydroxylation is 1. The molecule has 2 amide bonds. The largest absolute Gasteiger partial charge is 0.383 e. The van der Waals surface area contributed by atoms with Gasteiger partial charge in [-0.1, -0.05) is 0 Å². The summed E-state index contributed by atoms with van der Waals surface area (Å²) in [5, 5.41) is 0. The lowest BCUT2D eigenvalue weighted by atomic mass is 9.94. The van der Waals surface area contributed by atoms with E-state index in [1.54, 1.807) is 7.11 Å². The quantitative estimate of drug-likeness (QED) is 0.902. The van der Waals surface area contributed by atoms with Crippen LogP contribution in [-0.4, -0.2) is 71.0 Å². The van der Waals surface area contributed by atoms with Gasteiger partial charge in [0.2, 0.25) is 5.91 Å². The first kappa shape index (κ1) is 17.0. The Morgan fingerprint density at radius 1 is 1.35 bits per heavy atom. The number of benzene rings is 1. The summed E-state index contributed by atoms with van der Waals surface area (Å²) in [5.74, 6) is 0.871. The average molecular weight is 356 g/mol. The molecule has 3 aliphatic rings. The molecule has 1 N–H and O–H groups in total. The topological polar surface area (TPSA) is 78.5 Å². The van der Waals surface area contributed by atoms with E-state index in [-0.39, 0.29) is 23.8 Å². The summed E-state index contributed by atoms with van der Waals surface area (Å²) in [5.41, 5.74) is 2.36. The lowest BCUT2D eigenvalue weighted by molar-refractivity contribution is -0.140. The fourth-order valence-electron chi connectivity index (χ4n) is 4.14. The van der Waals surface area contributed by atoms with Gasteiger partial charge in [-0.2, -0.15) is 0 Å². The zero-order valence-electron chi connectivity index (χ0n) is 15.2. The van der Waals surface area contributed by atoms with Gasteiger partial charge in [0.25, 0.3) is 5.91 Å². The van der Waals surface area contributed by atoms with Crippen LogP contribution in [0.15, 0.2) is 18.2 Å². The zero-order valence-corrected chi connectivity index (χ0v) is 15.2. The van der Waals surface area contributed by atoms with E-state index in [9.17, 15) is 9.59 Å². The van der Waals surface area contributed by atoms with Crippen molar-refractivity contribution in [2.75, 3.05) is 33.4 Å². The van der Waals surface area contributed by atoms with Gasteiger partial charge in [0, 0.05) is 38.3 Å². The number of methoxy groups -OCH3 is 1. The van der Waals surface area contributed by atoms with Gasteiger partial charge in [-0.3, -0.25) is 9.59 Å². The van der Waals surface area contributed by atoms with Crippen LogP contribution in [0, 0.1) is 12.8 Å². The molecular weight excluding hydrogens is 332 g/mol. The molecule has 3 fully saturated rings. The first-order valence-electron chi connectivity index (χ1n) is 9.12. The highest BCUT2D eigenvalue weighted by Gasteiger charge is 2.41. The smallest absolute Gasteiger partial charge is 0.254 e. The SMILES string of the molecule is COCCN1C(=O)C2CCC1CN(C(=O)c1ccc3nc(C)[nH]c3c1)C2. The molecule has 7 heteroatoms. The number of hydrogen-bond acceptors (Lipinski definition) is 4. The Balaban J connectivity index is 1.57. The van der Waals surface area contributed by atoms with Crippen LogP contribution in [-0.2, 0) is 9.53 Å². The molecule has 7 nitrogen and oxygen atoms in total. The number of nitrogens with one attached hydrogen (secondary N) is 1. The Labute approximate surface area is 152 Å². The number of piperidine rings is 1. The van der Waals surface area contributed by atoms with Crippen LogP contribution in [0.1, 0.15) is 29.0 Å². The molecule has 26 heavy (non-hydrogen) atoms. The van der Waals surface area contributed by atoms with Crippen molar-refractivity contribution in [3.8, 4) is 0 Å². The Morgan fingerprint density at radius 2 is 2.19 bits per heavy atom. The number of aromatic amines is 1. The molecule has 3 saturated heterocycles. The number of rotatable bonds is 4. The Hall–Kier alpha value is -2.41. The van der Waals surface area contributed by atoms with E-state index in [2.05, 4.69) is 9.97 Å². The molecule has 5 rings (SSSR count). The number of imidazole rings is 1. The van der Waals surface area contributed by atoms with Crippen LogP contribution in [0.4, 0.5) is 0 Å². The summed E-state index contributed by atoms with van der Waals surface area (Å²) in [4.78, 5) is 37.1. The summed E-state index contributed by atoms with van der Waals surface area (Å²) in [6.45, 7) is 4.10. The zero-order chi connectivity index (χ0) is 18.3. The number of ether oxygens (including phenoxy) is 1. The lowest BCUT2D eigenvalue weighted by Gasteiger charge is -2.35. The maximum absolute atomic E-state index is 13.1. The van der Waals surface area contributed by atoms with Gasteiger partial charge in [-0.25, -0.2) is 4.98 Å². The molecule has 2 aromatic rings. The van der Waals surface area contributed by atoms with E-state index >= 15 is 0 Å². The van der Waals surface area contributed by atoms with Crippen molar-refractivity contribution in [1.29, 1.82) is 0 Å². The molecule has 0 aliphatic carbocycles. The summed E-state index contributed by atoms with van der Waals surface area (Å²) in [6.07, 6.45) is 1.80. The van der Waals surface area contributed by atoms with E-state index in [0.29, 0.717) is 31.8 Å². The minimum Gasteiger partial charge on any atom is -0.383 e. The van der Waals surface area contributed by atoms with E-state index in [1.165, 1.54) is 0 Å². The highest BCUT2D eigenvalue weighted by Crippen LogP contribution is 2.30. The van der Waals surface area contributed by atoms with Crippen LogP contribution in [0.2, 0.25) is 0 Å². The van der Waals surface area contributed by atoms with Crippen LogP contribution < -0.4 is 0 Å². The van der Waals surface area contributed by atoms with Gasteiger partial charge in [-0.15, -0.1) is 0 Å². The molecule has 1 aromatic carbocycles. The third-order valence-electron chi connectivity index (χ3n) is 5.46. The number of H-pyrrole nitrogens is 1. The van der Waals surface area contributed by atoms with Crippen molar-refractivity contribution in [3.63, 3.8) is 0 Å². The lowest BCUT2D eigenvalue weighted by Crippen LogP contribution is -2.49. The number of nitrogens with zero attached hydrogens (tertiary/aromatic N) is 3. The monoisotopic (exact) mass is 356 g/mol. The summed E-state index contributed by atoms with van der Waals surface area (Å²) in [7, 11) is 1.64. The second-order valence-electron chi connectivity index (χ2n) is 7.22. The highest BCUT2D eigenvalue weighted by molar-refractivity contribution is 5.98. The molecule has 0 radical (unpaired) electrons. The van der Waals surface area contributed by atoms with Crippen molar-refractivity contribution < 1.29 is 14.3 Å². The fraction of sp³-hybridized carbons (Fsp3) is 0.526. The van der Waals surface area contributed by atoms with Crippen LogP contribution in [0.25, 0.3) is 11.0 Å². The second kappa shape index (κ2) is 6.72. The molecule has 4 heterocycles. The summed E-state index contributed by atoms with van der Waals surface area (Å²) < 4.78 is 5.14. The predicted octanol–water partition coefficient (Wildman–Crippen LogP) is 1.58. The van der Waals surface area contributed by atoms with Gasteiger partial charge >= 0.3 is 0 Å². The molecule has 138 valence electrons. The minimum atomic E-state index is -0.104. The van der Waals surface area contributed by atoms with Crippen molar-refractivity contribution in [3.05, 3.63) is 29.6 Å². The number of fused-ring (bicyclic) bond motifs is 5. The van der Waals surface area contributed by atoms with E-state index in [1.807, 2.05) is 34.9 Å². The van der Waals surface area contributed by atoms with Crippen LogP contribution >= 0.6 is 0 Å². The molecule has 0 saturated carbocycles. The maximum atomic E-state index is 13.1. The molecule has 0 spiro atoms. The third kappa shape index (κ3) is 2.96. The maximum Gasteiger partial charge on any atom is 0.254 e. The van der Waals surface area contributed by atoms with Crippen molar-refractivity contribution in [2.45, 2.75) is 25.8 Å². The standard InChI is InChI=1S/C19H24N4O3/c1-12-20-16-6-4-13(9-17(16)21-12)18(24)22-10-14-3-5-15(11-22)23(19(14)25)7-8-26-2/h4,6,9,14-15H,3,5,7-8,10-11H2,1-2H3,(H,20,21). The van der Waals surface area contributed by atoms with Gasteiger partial charge in [-0.05, 0) is 38.0 Å². The van der Waals surface area contributed by atoms with E-state index < -0.39 is 0 Å². The van der Waals surface area contributed by atoms with Gasteiger partial charge in [0.15, 0.2) is 0 Å². The van der Waals surface area contributed by atoms with Crippen LogP contribution in [0.5, 0.6) is 0 Å². The fourth-order valence-corrected chi connectivity index (χ4v) is 4.14. The first-order chi connectivity index (χ1) is 12.6.